The lowest BCUT2D eigenvalue weighted by atomic mass is 9.48. The third kappa shape index (κ3) is 1.43. The third-order valence-corrected chi connectivity index (χ3v) is 7.10. The molecule has 4 aliphatic rings. The Balaban J connectivity index is 1.80. The molecule has 1 saturated heterocycles. The van der Waals surface area contributed by atoms with Crippen molar-refractivity contribution in [1.82, 2.24) is 4.90 Å². The summed E-state index contributed by atoms with van der Waals surface area (Å²) in [5.41, 5.74) is 3.95. The molecule has 4 atom stereocenters. The largest absolute Gasteiger partial charge is 0.484 e. The maximum atomic E-state index is 12.0. The van der Waals surface area contributed by atoms with Gasteiger partial charge in [-0.1, -0.05) is 24.8 Å². The summed E-state index contributed by atoms with van der Waals surface area (Å²) >= 11 is 0. The molecule has 3 nitrogen and oxygen atoms in total. The van der Waals surface area contributed by atoms with E-state index >= 15 is 0 Å². The third-order valence-electron chi connectivity index (χ3n) is 7.10. The van der Waals surface area contributed by atoms with Gasteiger partial charge in [-0.15, -0.1) is 6.58 Å². The summed E-state index contributed by atoms with van der Waals surface area (Å²) < 4.78 is 6.48. The van der Waals surface area contributed by atoms with E-state index in [1.165, 1.54) is 16.7 Å². The molecular formula is C21H25NO2. The highest BCUT2D eigenvalue weighted by Gasteiger charge is 2.71. The molecule has 1 spiro atoms. The lowest BCUT2D eigenvalue weighted by molar-refractivity contribution is -0.171. The highest BCUT2D eigenvalue weighted by atomic mass is 16.5. The molecule has 0 amide bonds. The molecule has 3 heteroatoms. The van der Waals surface area contributed by atoms with Gasteiger partial charge in [-0.2, -0.15) is 0 Å². The van der Waals surface area contributed by atoms with Gasteiger partial charge in [0.15, 0.2) is 0 Å². The van der Waals surface area contributed by atoms with Crippen molar-refractivity contribution in [2.75, 3.05) is 13.1 Å². The first-order valence-corrected chi connectivity index (χ1v) is 9.07. The average molecular weight is 323 g/mol. The van der Waals surface area contributed by atoms with E-state index in [1.807, 2.05) is 6.08 Å². The number of aliphatic hydroxyl groups is 1. The van der Waals surface area contributed by atoms with Crippen molar-refractivity contribution >= 4 is 0 Å². The van der Waals surface area contributed by atoms with Crippen LogP contribution in [0.5, 0.6) is 5.75 Å². The van der Waals surface area contributed by atoms with Gasteiger partial charge < -0.3 is 9.84 Å². The predicted molar refractivity (Wildman–Crippen MR) is 94.5 cm³/mol. The number of hydrogen-bond donors (Lipinski definition) is 1. The van der Waals surface area contributed by atoms with E-state index in [4.69, 9.17) is 4.74 Å². The average Bonchev–Trinajstić information content (AvgIpc) is 2.91. The molecule has 0 radical (unpaired) electrons. The molecule has 0 aromatic heterocycles. The van der Waals surface area contributed by atoms with Crippen LogP contribution in [-0.2, 0) is 11.8 Å². The SMILES string of the molecule is C=CCN1CC[C@@]23c4c5ccc(C)c4OC2C(=C)CC[C@]3(O)[C@@H]1C5. The van der Waals surface area contributed by atoms with Crippen molar-refractivity contribution in [2.45, 2.75) is 55.8 Å². The zero-order valence-corrected chi connectivity index (χ0v) is 14.3. The standard InChI is InChI=1S/C21H25NO2/c1-4-10-22-11-9-20-17-15-6-5-13(2)18(17)24-19(20)14(3)7-8-21(20,23)16(22)12-15/h4-6,16,19,23H,1,3,7-12H2,2H3/t16-,19?,20+,21-/m0/s1. The van der Waals surface area contributed by atoms with Crippen LogP contribution >= 0.6 is 0 Å². The molecule has 2 fully saturated rings. The molecule has 2 aliphatic heterocycles. The fourth-order valence-corrected chi connectivity index (χ4v) is 6.07. The predicted octanol–water partition coefficient (Wildman–Crippen LogP) is 2.89. The van der Waals surface area contributed by atoms with Crippen molar-refractivity contribution < 1.29 is 9.84 Å². The highest BCUT2D eigenvalue weighted by Crippen LogP contribution is 2.65. The lowest BCUT2D eigenvalue weighted by Gasteiger charge is -2.63. The normalized spacial score (nSPS) is 39.3. The van der Waals surface area contributed by atoms with Crippen LogP contribution in [0.3, 0.4) is 0 Å². The number of nitrogens with zero attached hydrogens (tertiary/aromatic N) is 1. The first-order valence-electron chi connectivity index (χ1n) is 9.07. The van der Waals surface area contributed by atoms with Gasteiger partial charge >= 0.3 is 0 Å². The number of rotatable bonds is 2. The lowest BCUT2D eigenvalue weighted by Crippen LogP contribution is -2.75. The minimum atomic E-state index is -0.730. The zero-order chi connectivity index (χ0) is 16.7. The number of hydrogen-bond acceptors (Lipinski definition) is 3. The molecule has 2 aliphatic carbocycles. The van der Waals surface area contributed by atoms with Crippen LogP contribution in [0.15, 0.2) is 36.9 Å². The molecule has 1 saturated carbocycles. The Morgan fingerprint density at radius 1 is 1.42 bits per heavy atom. The second-order valence-corrected chi connectivity index (χ2v) is 8.05. The van der Waals surface area contributed by atoms with Crippen LogP contribution in [0.2, 0.25) is 0 Å². The van der Waals surface area contributed by atoms with Gasteiger partial charge in [-0.25, -0.2) is 0 Å². The van der Waals surface area contributed by atoms with E-state index in [1.54, 1.807) is 0 Å². The van der Waals surface area contributed by atoms with E-state index in [0.29, 0.717) is 0 Å². The maximum Gasteiger partial charge on any atom is 0.132 e. The minimum Gasteiger partial charge on any atom is -0.484 e. The second-order valence-electron chi connectivity index (χ2n) is 8.05. The molecule has 2 heterocycles. The Kier molecular flexibility index (Phi) is 2.78. The Morgan fingerprint density at radius 2 is 2.25 bits per heavy atom. The second kappa shape index (κ2) is 4.53. The van der Waals surface area contributed by atoms with Crippen molar-refractivity contribution in [3.05, 3.63) is 53.6 Å². The van der Waals surface area contributed by atoms with Crippen LogP contribution in [0, 0.1) is 6.92 Å². The molecule has 1 aromatic rings. The van der Waals surface area contributed by atoms with Crippen LogP contribution in [0.1, 0.15) is 36.0 Å². The molecule has 2 bridgehead atoms. The van der Waals surface area contributed by atoms with Gasteiger partial charge in [0.05, 0.1) is 11.0 Å². The molecule has 1 N–H and O–H groups in total. The smallest absolute Gasteiger partial charge is 0.132 e. The fraction of sp³-hybridized carbons (Fsp3) is 0.524. The number of benzene rings is 1. The first-order chi connectivity index (χ1) is 11.5. The van der Waals surface area contributed by atoms with Crippen molar-refractivity contribution in [3.8, 4) is 5.75 Å². The van der Waals surface area contributed by atoms with Gasteiger partial charge in [0.25, 0.3) is 0 Å². The molecule has 1 aromatic carbocycles. The van der Waals surface area contributed by atoms with Gasteiger partial charge in [-0.05, 0) is 49.3 Å². The quantitative estimate of drug-likeness (QED) is 0.850. The van der Waals surface area contributed by atoms with Crippen LogP contribution < -0.4 is 4.74 Å². The monoisotopic (exact) mass is 323 g/mol. The van der Waals surface area contributed by atoms with Crippen molar-refractivity contribution in [3.63, 3.8) is 0 Å². The number of aryl methyl sites for hydroxylation is 1. The number of piperidine rings is 1. The summed E-state index contributed by atoms with van der Waals surface area (Å²) in [6.07, 6.45) is 5.36. The molecule has 24 heavy (non-hydrogen) atoms. The summed E-state index contributed by atoms with van der Waals surface area (Å²) in [7, 11) is 0. The summed E-state index contributed by atoms with van der Waals surface area (Å²) in [5, 5.41) is 12.0. The van der Waals surface area contributed by atoms with E-state index in [2.05, 4.69) is 37.1 Å². The zero-order valence-electron chi connectivity index (χ0n) is 14.3. The van der Waals surface area contributed by atoms with Crippen LogP contribution in [-0.4, -0.2) is 40.8 Å². The van der Waals surface area contributed by atoms with E-state index in [-0.39, 0.29) is 17.6 Å². The minimum absolute atomic E-state index is 0.0696. The molecule has 1 unspecified atom stereocenters. The number of ether oxygens (including phenoxy) is 1. The summed E-state index contributed by atoms with van der Waals surface area (Å²) in [6.45, 7) is 12.2. The van der Waals surface area contributed by atoms with Gasteiger partial charge in [-0.3, -0.25) is 4.90 Å². The maximum absolute atomic E-state index is 12.0. The van der Waals surface area contributed by atoms with Crippen molar-refractivity contribution in [2.24, 2.45) is 0 Å². The van der Waals surface area contributed by atoms with Gasteiger partial charge in [0, 0.05) is 24.7 Å². The van der Waals surface area contributed by atoms with Crippen molar-refractivity contribution in [1.29, 1.82) is 0 Å². The van der Waals surface area contributed by atoms with Gasteiger partial charge in [0.2, 0.25) is 0 Å². The van der Waals surface area contributed by atoms with Gasteiger partial charge in [0.1, 0.15) is 11.9 Å². The van der Waals surface area contributed by atoms with E-state index in [0.717, 1.165) is 50.1 Å². The molecular weight excluding hydrogens is 298 g/mol. The summed E-state index contributed by atoms with van der Waals surface area (Å²) in [5.74, 6) is 1.02. The van der Waals surface area contributed by atoms with Crippen LogP contribution in [0.25, 0.3) is 0 Å². The van der Waals surface area contributed by atoms with E-state index < -0.39 is 5.60 Å². The topological polar surface area (TPSA) is 32.7 Å². The first kappa shape index (κ1) is 14.7. The molecule has 126 valence electrons. The Bertz CT molecular complexity index is 769. The Morgan fingerprint density at radius 3 is 3.04 bits per heavy atom. The summed E-state index contributed by atoms with van der Waals surface area (Å²) in [4.78, 5) is 2.42. The summed E-state index contributed by atoms with van der Waals surface area (Å²) in [6, 6.07) is 4.57. The Labute approximate surface area is 143 Å². The fourth-order valence-electron chi connectivity index (χ4n) is 6.07. The Hall–Kier alpha value is -1.58. The molecule has 5 rings (SSSR count). The van der Waals surface area contributed by atoms with Crippen LogP contribution in [0.4, 0.5) is 0 Å². The highest BCUT2D eigenvalue weighted by molar-refractivity contribution is 5.61. The number of likely N-dealkylation sites (tertiary alicyclic amines) is 1. The van der Waals surface area contributed by atoms with E-state index in [9.17, 15) is 5.11 Å².